The van der Waals surface area contributed by atoms with Crippen LogP contribution in [0.25, 0.3) is 0 Å². The molecule has 0 saturated carbocycles. The Morgan fingerprint density at radius 2 is 0.851 bits per heavy atom. The molecule has 10 N–H and O–H groups in total. The molecule has 645 valence electrons. The molecule has 0 bridgehead atoms. The second-order valence-electron chi connectivity index (χ2n) is 25.4. The smallest absolute Gasteiger partial charge is 1.00 e. The van der Waals surface area contributed by atoms with E-state index in [2.05, 4.69) is 102 Å². The van der Waals surface area contributed by atoms with Crippen LogP contribution >= 0.6 is 15.9 Å². The van der Waals surface area contributed by atoms with Crippen molar-refractivity contribution >= 4 is 66.6 Å². The summed E-state index contributed by atoms with van der Waals surface area (Å²) >= 11 is 1.32. The number of allylic oxidation sites excluding steroid dienone is 1. The van der Waals surface area contributed by atoms with Gasteiger partial charge in [-0.2, -0.15) is 0 Å². The van der Waals surface area contributed by atoms with Crippen LogP contribution in [-0.4, -0.2) is 160 Å². The number of carboxylic acid groups (broad SMARTS) is 2. The Balaban J connectivity index is -0.000000203. The van der Waals surface area contributed by atoms with Crippen molar-refractivity contribution in [1.82, 2.24) is 0 Å². The number of carboxylic acids is 2. The van der Waals surface area contributed by atoms with Crippen LogP contribution in [0.5, 0.6) is 23.0 Å². The molecule has 1 aliphatic heterocycles. The summed E-state index contributed by atoms with van der Waals surface area (Å²) in [6.07, 6.45) is 6.75. The number of alkyl halides is 1. The fraction of sp³-hybridized carbons (Fsp3) is 0.360. The van der Waals surface area contributed by atoms with Gasteiger partial charge in [-0.25, -0.2) is 4.79 Å². The Bertz CT molecular complexity index is 3890. The molecular weight excluding hydrogens is 1880 g/mol. The van der Waals surface area contributed by atoms with E-state index in [0.717, 1.165) is 65.3 Å². The van der Waals surface area contributed by atoms with Gasteiger partial charge in [0.1, 0.15) is 0 Å². The van der Waals surface area contributed by atoms with Gasteiger partial charge in [-0.1, -0.05) is 192 Å². The van der Waals surface area contributed by atoms with E-state index in [-0.39, 0.29) is 249 Å². The predicted octanol–water partition coefficient (Wildman–Crippen LogP) is 4.40. The molecule has 1 aliphatic rings. The first-order valence-electron chi connectivity index (χ1n) is 37.4. The maximum Gasteiger partial charge on any atom is 1.00 e. The van der Waals surface area contributed by atoms with E-state index >= 15 is 0 Å². The first-order chi connectivity index (χ1) is 55.9. The average molecular weight is 2000 g/mol. The van der Waals surface area contributed by atoms with Crippen LogP contribution in [0.2, 0.25) is 0 Å². The minimum absolute atomic E-state index is 0. The number of aliphatic carboxylic acids is 2. The van der Waals surface area contributed by atoms with E-state index in [1.165, 1.54) is 103 Å². The number of hydrogen-bond donors (Lipinski definition) is 10. The van der Waals surface area contributed by atoms with Crippen LogP contribution in [0.15, 0.2) is 206 Å². The number of aryl methyl sites for hydroxylation is 4. The maximum absolute atomic E-state index is 11.9. The van der Waals surface area contributed by atoms with Gasteiger partial charge in [0.25, 0.3) is 6.47 Å². The van der Waals surface area contributed by atoms with E-state index in [0.29, 0.717) is 32.7 Å². The van der Waals surface area contributed by atoms with Gasteiger partial charge >= 0.3 is 222 Å². The summed E-state index contributed by atoms with van der Waals surface area (Å²) in [7, 11) is 0. The third kappa shape index (κ3) is 76.6. The van der Waals surface area contributed by atoms with Gasteiger partial charge in [-0.3, -0.25) is 19.2 Å². The number of aliphatic hydroxyl groups is 4. The van der Waals surface area contributed by atoms with Gasteiger partial charge in [0.15, 0.2) is 23.0 Å². The zero-order valence-electron chi connectivity index (χ0n) is 74.0. The summed E-state index contributed by atoms with van der Waals surface area (Å²) in [5.74, 6) is -3.76. The number of carbonyl (C=O) groups is 7. The topological polar surface area (TPSA) is 419 Å². The minimum atomic E-state index is -2.04. The number of benzene rings is 8. The van der Waals surface area contributed by atoms with Gasteiger partial charge in [0.2, 0.25) is 0 Å². The van der Waals surface area contributed by atoms with Gasteiger partial charge < -0.3 is 87.7 Å². The first-order valence-corrected chi connectivity index (χ1v) is 43.0. The molecular formula is C89H118BBrHgK2NaO26. The molecule has 1 saturated heterocycles. The van der Waals surface area contributed by atoms with E-state index in [1.807, 2.05) is 116 Å². The Labute approximate surface area is 846 Å². The standard InChI is InChI=1S/C21H26O3.C12H16O5.C11H14O3.C10H14O.C8H10O3.C7H7Br.C7H8O.C4H6O2.C4H8O.2C2H4O2.CH2O3.B.Hg.2K.Na.2H/c1-16-9-10-19(13-17(16)2)11-12-23-21(22)14-18(3)24-15-20-7-5-4-6-8-20;1-8(13)6-12(16)17-5-4-9-2-3-10(14)11(15)7-9;1-9(7-11(12)13)14-8-10-5-3-2-4-6-10;1-8-3-4-10(5-6-11)7-9(8)2;9-4-3-6-1-2-7(10)8(11)5-6;2*8-6-7-4-2-1-3-5-7;1-2-3-4(5)6;1-2-4-5-3-1;2*1-2(3)4;2-1-4-3;;;;;;;/h4-10,13,18H,11-12,14-15H2,1-3H3;2-3,7-8,13-15H,4-6H2,1H3;2-6,9H,7-8H2,1H3,(H,12,13);3-4,7,11H,5-6H2,1-2H3;1-2,5,9-11H,3-4H2;1-5H,6H2;1-5,8H,6H2;2-3H,1H3,(H,5,6);1-4H2;2*1H3,(H,3,4);1,3H;;;;;;;/q;;;;;;;;;;;;;+2;3*+1;2*-1/p-3/b;;;;;;;3-2+;;;;;;;;;;;. The SMILES string of the molecule is BrCc1ccccc1.C/C=C/C(=O)O.C1CCOC1.CC(=O)[O][Hg][O]C(C)=O.CC(CC(=O)O)OCc1ccccc1.CC(O)CC(=O)OCCc1ccc(O)c(O)c1.Cc1ccc(CCO)cc1C.Cc1ccc(CCOC(=O)CC(C)OCc2ccccc2)cc1C.O=CO[O-].OCCc1ccc(O)c(O)c1.OCc1ccccc1.[B].[H-].[H-].[K+].[K+].[Na+]. The number of phenols is 4. The molecule has 8 aromatic carbocycles. The normalized spacial score (nSPS) is 10.7. The first kappa shape index (κ1) is 126. The summed E-state index contributed by atoms with van der Waals surface area (Å²) in [6, 6.07) is 61.0. The van der Waals surface area contributed by atoms with Crippen molar-refractivity contribution in [3.05, 3.63) is 273 Å². The molecule has 1 heterocycles. The van der Waals surface area contributed by atoms with Crippen molar-refractivity contribution < 1.29 is 284 Å². The second-order valence-corrected chi connectivity index (χ2v) is 29.2. The Morgan fingerprint density at radius 3 is 1.13 bits per heavy atom. The number of esters is 2. The van der Waals surface area contributed by atoms with Crippen LogP contribution < -0.4 is 138 Å². The van der Waals surface area contributed by atoms with Crippen LogP contribution in [0, 0.1) is 27.7 Å². The largest absolute Gasteiger partial charge is 1.00 e. The molecule has 32 heteroatoms. The average Bonchev–Trinajstić information content (AvgIpc) is 1.75. The third-order valence-corrected chi connectivity index (χ3v) is 19.9. The molecule has 3 radical (unpaired) electrons. The number of rotatable bonds is 28. The van der Waals surface area contributed by atoms with Crippen molar-refractivity contribution in [1.29, 1.82) is 0 Å². The molecule has 0 aromatic heterocycles. The molecule has 3 atom stereocenters. The molecule has 26 nitrogen and oxygen atoms in total. The van der Waals surface area contributed by atoms with E-state index in [4.69, 9.17) is 79.7 Å². The number of hydrogen-bond acceptors (Lipinski definition) is 24. The van der Waals surface area contributed by atoms with Crippen LogP contribution in [0.4, 0.5) is 0 Å². The molecule has 9 rings (SSSR count). The number of carbonyl (C=O) groups excluding carboxylic acids is 5. The minimum Gasteiger partial charge on any atom is -1.00 e. The molecule has 121 heavy (non-hydrogen) atoms. The molecule has 8 aromatic rings. The summed E-state index contributed by atoms with van der Waals surface area (Å²) in [5, 5.41) is 96.6. The van der Waals surface area contributed by atoms with Crippen molar-refractivity contribution in [2.45, 2.75) is 170 Å². The van der Waals surface area contributed by atoms with Crippen LogP contribution in [-0.2, 0) is 144 Å². The van der Waals surface area contributed by atoms with Gasteiger partial charge in [0, 0.05) is 59.1 Å². The van der Waals surface area contributed by atoms with Crippen molar-refractivity contribution in [3.63, 3.8) is 0 Å². The number of aliphatic hydroxyl groups excluding tert-OH is 4. The van der Waals surface area contributed by atoms with Crippen molar-refractivity contribution in [2.24, 2.45) is 0 Å². The van der Waals surface area contributed by atoms with Crippen LogP contribution in [0.1, 0.15) is 143 Å². The summed E-state index contributed by atoms with van der Waals surface area (Å²) in [6.45, 7) is 21.6. The Hall–Kier alpha value is -5.58. The maximum atomic E-state index is 11.9. The zero-order chi connectivity index (χ0) is 88.0. The molecule has 0 spiro atoms. The van der Waals surface area contributed by atoms with Crippen molar-refractivity contribution in [3.8, 4) is 23.0 Å². The monoisotopic (exact) mass is 2000 g/mol. The molecule has 3 unspecified atom stereocenters. The second kappa shape index (κ2) is 83.9. The fourth-order valence-corrected chi connectivity index (χ4v) is 10.7. The van der Waals surface area contributed by atoms with E-state index in [1.54, 1.807) is 26.0 Å². The van der Waals surface area contributed by atoms with E-state index in [9.17, 15) is 33.9 Å². The summed E-state index contributed by atoms with van der Waals surface area (Å²) < 4.78 is 35.2. The predicted molar refractivity (Wildman–Crippen MR) is 449 cm³/mol. The third-order valence-electron chi connectivity index (χ3n) is 15.2. The quantitative estimate of drug-likeness (QED) is 0.00475. The van der Waals surface area contributed by atoms with Crippen LogP contribution in [0.3, 0.4) is 0 Å². The Kier molecular flexibility index (Phi) is 87.6. The van der Waals surface area contributed by atoms with E-state index < -0.39 is 49.5 Å². The number of halogens is 1. The summed E-state index contributed by atoms with van der Waals surface area (Å²) in [4.78, 5) is 74.2. The molecule has 0 aliphatic carbocycles. The molecule has 0 amide bonds. The molecule has 1 fully saturated rings. The van der Waals surface area contributed by atoms with Crippen molar-refractivity contribution in [2.75, 3.05) is 39.6 Å². The number of phenolic OH excluding ortho intramolecular Hbond substituents is 4. The number of ether oxygens (including phenoxy) is 5. The Morgan fingerprint density at radius 1 is 0.504 bits per heavy atom. The zero-order valence-corrected chi connectivity index (χ0v) is 87.4. The number of aromatic hydroxyl groups is 4. The fourth-order valence-electron chi connectivity index (χ4n) is 8.77. The van der Waals surface area contributed by atoms with Gasteiger partial charge in [-0.05, 0) is 172 Å². The summed E-state index contributed by atoms with van der Waals surface area (Å²) in [5.41, 5.74) is 13.6. The van der Waals surface area contributed by atoms with Gasteiger partial charge in [-0.15, -0.1) is 0 Å². The van der Waals surface area contributed by atoms with Gasteiger partial charge in [0.05, 0.1) is 70.6 Å².